The molecule has 0 amide bonds. The predicted octanol–water partition coefficient (Wildman–Crippen LogP) is 3.83. The van der Waals surface area contributed by atoms with E-state index in [2.05, 4.69) is 15.0 Å². The van der Waals surface area contributed by atoms with Crippen molar-refractivity contribution < 1.29 is 13.2 Å². The maximum atomic E-state index is 13.5. The van der Waals surface area contributed by atoms with Crippen molar-refractivity contribution in [1.29, 1.82) is 0 Å². The minimum Gasteiger partial charge on any atom is -0.345 e. The molecule has 3 nitrogen and oxygen atoms in total. The smallest absolute Gasteiger partial charge is 0.248 e. The third-order valence-corrected chi connectivity index (χ3v) is 3.99. The number of imidazole rings is 1. The van der Waals surface area contributed by atoms with E-state index < -0.39 is 5.92 Å². The van der Waals surface area contributed by atoms with Crippen molar-refractivity contribution >= 4 is 0 Å². The van der Waals surface area contributed by atoms with Crippen molar-refractivity contribution in [3.05, 3.63) is 47.6 Å². The Bertz CT molecular complexity index is 614. The summed E-state index contributed by atoms with van der Waals surface area (Å²) in [5.74, 6) is -2.12. The molecule has 112 valence electrons. The standard InChI is InChI=1S/C15H16F3N3/c16-13-9-19-6-3-11(13)7-12-8-20-14(21-12)10-1-4-15(17,18)5-2-10/h3,6,8-10H,1-2,4-5,7H2,(H,20,21). The number of halogens is 3. The maximum Gasteiger partial charge on any atom is 0.248 e. The predicted molar refractivity (Wildman–Crippen MR) is 71.7 cm³/mol. The summed E-state index contributed by atoms with van der Waals surface area (Å²) in [6.45, 7) is 0. The molecule has 0 unspecified atom stereocenters. The number of aromatic nitrogens is 3. The topological polar surface area (TPSA) is 41.6 Å². The van der Waals surface area contributed by atoms with Gasteiger partial charge in [0.2, 0.25) is 5.92 Å². The van der Waals surface area contributed by atoms with E-state index in [1.54, 1.807) is 18.5 Å². The summed E-state index contributed by atoms with van der Waals surface area (Å²) in [7, 11) is 0. The van der Waals surface area contributed by atoms with Gasteiger partial charge in [-0.2, -0.15) is 0 Å². The van der Waals surface area contributed by atoms with Gasteiger partial charge in [-0.1, -0.05) is 0 Å². The van der Waals surface area contributed by atoms with Crippen LogP contribution >= 0.6 is 0 Å². The zero-order valence-corrected chi connectivity index (χ0v) is 11.5. The lowest BCUT2D eigenvalue weighted by Crippen LogP contribution is -2.24. The van der Waals surface area contributed by atoms with Gasteiger partial charge in [-0.25, -0.2) is 18.2 Å². The molecule has 2 aromatic rings. The molecule has 0 radical (unpaired) electrons. The summed E-state index contributed by atoms with van der Waals surface area (Å²) in [5, 5.41) is 0. The summed E-state index contributed by atoms with van der Waals surface area (Å²) in [5.41, 5.74) is 1.32. The number of alkyl halides is 2. The fourth-order valence-corrected chi connectivity index (χ4v) is 2.74. The van der Waals surface area contributed by atoms with Gasteiger partial charge in [-0.3, -0.25) is 4.98 Å². The van der Waals surface area contributed by atoms with Crippen molar-refractivity contribution in [3.63, 3.8) is 0 Å². The number of pyridine rings is 1. The number of nitrogens with zero attached hydrogens (tertiary/aromatic N) is 2. The second kappa shape index (κ2) is 5.50. The molecule has 1 fully saturated rings. The second-order valence-corrected chi connectivity index (χ2v) is 5.57. The van der Waals surface area contributed by atoms with Crippen molar-refractivity contribution in [3.8, 4) is 0 Å². The van der Waals surface area contributed by atoms with Crippen molar-refractivity contribution in [2.24, 2.45) is 0 Å². The van der Waals surface area contributed by atoms with Crippen LogP contribution in [-0.4, -0.2) is 20.9 Å². The summed E-state index contributed by atoms with van der Waals surface area (Å²) in [6, 6.07) is 1.62. The van der Waals surface area contributed by atoms with E-state index in [0.717, 1.165) is 11.5 Å². The Kier molecular flexibility index (Phi) is 3.69. The van der Waals surface area contributed by atoms with E-state index in [0.29, 0.717) is 24.8 Å². The summed E-state index contributed by atoms with van der Waals surface area (Å²) < 4.78 is 39.8. The molecule has 0 aromatic carbocycles. The molecule has 1 aliphatic rings. The SMILES string of the molecule is Fc1cnccc1Cc1cnc(C2CCC(F)(F)CC2)[nH]1. The van der Waals surface area contributed by atoms with E-state index in [9.17, 15) is 13.2 Å². The van der Waals surface area contributed by atoms with Crippen molar-refractivity contribution in [1.82, 2.24) is 15.0 Å². The number of nitrogens with one attached hydrogen (secondary N) is 1. The lowest BCUT2D eigenvalue weighted by Gasteiger charge is -2.26. The fourth-order valence-electron chi connectivity index (χ4n) is 2.74. The Morgan fingerprint density at radius 1 is 1.24 bits per heavy atom. The first-order chi connectivity index (χ1) is 10.0. The van der Waals surface area contributed by atoms with Gasteiger partial charge in [0, 0.05) is 43.3 Å². The molecule has 0 saturated heterocycles. The number of aromatic amines is 1. The highest BCUT2D eigenvalue weighted by molar-refractivity contribution is 5.20. The molecule has 2 heterocycles. The lowest BCUT2D eigenvalue weighted by molar-refractivity contribution is -0.0387. The van der Waals surface area contributed by atoms with Crippen LogP contribution in [0, 0.1) is 5.82 Å². The van der Waals surface area contributed by atoms with Gasteiger partial charge in [0.05, 0.1) is 6.20 Å². The molecule has 3 rings (SSSR count). The Hall–Kier alpha value is -1.85. The van der Waals surface area contributed by atoms with E-state index >= 15 is 0 Å². The third kappa shape index (κ3) is 3.25. The zero-order chi connectivity index (χ0) is 14.9. The van der Waals surface area contributed by atoms with E-state index in [1.165, 1.54) is 6.20 Å². The fraction of sp³-hybridized carbons (Fsp3) is 0.467. The second-order valence-electron chi connectivity index (χ2n) is 5.57. The van der Waals surface area contributed by atoms with Crippen molar-refractivity contribution in [2.75, 3.05) is 0 Å². The Balaban J connectivity index is 1.68. The van der Waals surface area contributed by atoms with Gasteiger partial charge < -0.3 is 4.98 Å². The summed E-state index contributed by atoms with van der Waals surface area (Å²) in [4.78, 5) is 11.1. The van der Waals surface area contributed by atoms with Crippen molar-refractivity contribution in [2.45, 2.75) is 43.9 Å². The molecule has 1 aliphatic carbocycles. The van der Waals surface area contributed by atoms with Gasteiger partial charge in [0.1, 0.15) is 11.6 Å². The number of hydrogen-bond acceptors (Lipinski definition) is 2. The number of hydrogen-bond donors (Lipinski definition) is 1. The molecular formula is C15H16F3N3. The van der Waals surface area contributed by atoms with Crippen LogP contribution in [0.25, 0.3) is 0 Å². The highest BCUT2D eigenvalue weighted by Gasteiger charge is 2.36. The Morgan fingerprint density at radius 2 is 2.00 bits per heavy atom. The minimum absolute atomic E-state index is 0.0423. The lowest BCUT2D eigenvalue weighted by atomic mass is 9.86. The number of H-pyrrole nitrogens is 1. The van der Waals surface area contributed by atoms with E-state index in [1.807, 2.05) is 0 Å². The first-order valence-electron chi connectivity index (χ1n) is 7.03. The monoisotopic (exact) mass is 295 g/mol. The maximum absolute atomic E-state index is 13.5. The number of rotatable bonds is 3. The highest BCUT2D eigenvalue weighted by Crippen LogP contribution is 2.39. The molecule has 0 atom stereocenters. The Morgan fingerprint density at radius 3 is 2.71 bits per heavy atom. The first kappa shape index (κ1) is 14.1. The van der Waals surface area contributed by atoms with E-state index in [-0.39, 0.29) is 24.6 Å². The van der Waals surface area contributed by atoms with Crippen LogP contribution in [0.3, 0.4) is 0 Å². The molecule has 2 aromatic heterocycles. The van der Waals surface area contributed by atoms with Crippen LogP contribution in [0.1, 0.15) is 48.7 Å². The van der Waals surface area contributed by atoms with Gasteiger partial charge in [-0.05, 0) is 24.5 Å². The molecule has 0 bridgehead atoms. The van der Waals surface area contributed by atoms with Gasteiger partial charge in [0.15, 0.2) is 0 Å². The average molecular weight is 295 g/mol. The molecule has 6 heteroatoms. The van der Waals surface area contributed by atoms with Gasteiger partial charge in [0.25, 0.3) is 0 Å². The highest BCUT2D eigenvalue weighted by atomic mass is 19.3. The Labute approximate surface area is 120 Å². The molecule has 1 N–H and O–H groups in total. The first-order valence-corrected chi connectivity index (χ1v) is 7.03. The molecule has 1 saturated carbocycles. The molecular weight excluding hydrogens is 279 g/mol. The third-order valence-electron chi connectivity index (χ3n) is 3.99. The van der Waals surface area contributed by atoms with Crippen LogP contribution in [0.15, 0.2) is 24.7 Å². The molecule has 21 heavy (non-hydrogen) atoms. The van der Waals surface area contributed by atoms with Crippen LogP contribution in [-0.2, 0) is 6.42 Å². The van der Waals surface area contributed by atoms with Gasteiger partial charge >= 0.3 is 0 Å². The van der Waals surface area contributed by atoms with E-state index in [4.69, 9.17) is 0 Å². The summed E-state index contributed by atoms with van der Waals surface area (Å²) in [6.07, 6.45) is 5.45. The molecule has 0 spiro atoms. The van der Waals surface area contributed by atoms with Crippen LogP contribution < -0.4 is 0 Å². The average Bonchev–Trinajstić information content (AvgIpc) is 2.90. The van der Waals surface area contributed by atoms with Gasteiger partial charge in [-0.15, -0.1) is 0 Å². The summed E-state index contributed by atoms with van der Waals surface area (Å²) >= 11 is 0. The normalized spacial score (nSPS) is 18.8. The molecule has 0 aliphatic heterocycles. The zero-order valence-electron chi connectivity index (χ0n) is 11.5. The quantitative estimate of drug-likeness (QED) is 0.935. The largest absolute Gasteiger partial charge is 0.345 e. The van der Waals surface area contributed by atoms with Crippen LogP contribution in [0.2, 0.25) is 0 Å². The van der Waals surface area contributed by atoms with Crippen LogP contribution in [0.4, 0.5) is 13.2 Å². The van der Waals surface area contributed by atoms with Crippen LogP contribution in [0.5, 0.6) is 0 Å². The minimum atomic E-state index is -2.54.